The molecule has 1 aromatic heterocycles. The first kappa shape index (κ1) is 12.9. The largest absolute Gasteiger partial charge is 0.320 e. The van der Waals surface area contributed by atoms with Gasteiger partial charge in [-0.15, -0.1) is 0 Å². The Balaban J connectivity index is 1.59. The molecule has 3 rings (SSSR count). The number of imidazole rings is 1. The monoisotopic (exact) mass is 270 g/mol. The van der Waals surface area contributed by atoms with E-state index >= 15 is 0 Å². The summed E-state index contributed by atoms with van der Waals surface area (Å²) in [6.07, 6.45) is 4.49. The van der Waals surface area contributed by atoms with Crippen molar-refractivity contribution in [2.75, 3.05) is 18.4 Å². The predicted molar refractivity (Wildman–Crippen MR) is 77.3 cm³/mol. The van der Waals surface area contributed by atoms with Crippen molar-refractivity contribution in [2.24, 2.45) is 7.05 Å². The summed E-state index contributed by atoms with van der Waals surface area (Å²) in [4.78, 5) is 18.3. The molecule has 0 bridgehead atoms. The molecule has 5 nitrogen and oxygen atoms in total. The number of carbonyl (C=O) groups is 1. The van der Waals surface area contributed by atoms with Crippen molar-refractivity contribution in [3.8, 4) is 0 Å². The number of anilines is 1. The molecular weight excluding hydrogens is 252 g/mol. The van der Waals surface area contributed by atoms with Crippen LogP contribution in [0.15, 0.2) is 36.7 Å². The second-order valence-electron chi connectivity index (χ2n) is 5.14. The van der Waals surface area contributed by atoms with Crippen LogP contribution in [0.4, 0.5) is 5.95 Å². The van der Waals surface area contributed by atoms with Crippen LogP contribution in [0.5, 0.6) is 0 Å². The van der Waals surface area contributed by atoms with Crippen LogP contribution in [-0.4, -0.2) is 33.4 Å². The molecule has 0 spiro atoms. The van der Waals surface area contributed by atoms with Crippen LogP contribution in [-0.2, 0) is 24.8 Å². The summed E-state index contributed by atoms with van der Waals surface area (Å²) in [6.45, 7) is 2.16. The fourth-order valence-electron chi connectivity index (χ4n) is 2.54. The van der Waals surface area contributed by atoms with Gasteiger partial charge in [0.25, 0.3) is 0 Å². The third kappa shape index (κ3) is 2.72. The van der Waals surface area contributed by atoms with Crippen LogP contribution in [0.25, 0.3) is 0 Å². The number of hydrogen-bond donors (Lipinski definition) is 1. The lowest BCUT2D eigenvalue weighted by Gasteiger charge is -2.27. The third-order valence-corrected chi connectivity index (χ3v) is 3.65. The summed E-state index contributed by atoms with van der Waals surface area (Å²) in [6, 6.07) is 8.43. The van der Waals surface area contributed by atoms with E-state index in [0.29, 0.717) is 12.5 Å². The van der Waals surface area contributed by atoms with Crippen LogP contribution >= 0.6 is 0 Å². The minimum absolute atomic E-state index is 0.0151. The molecule has 0 radical (unpaired) electrons. The zero-order chi connectivity index (χ0) is 13.9. The molecule has 0 atom stereocenters. The van der Waals surface area contributed by atoms with Crippen LogP contribution in [0, 0.1) is 0 Å². The van der Waals surface area contributed by atoms with Crippen molar-refractivity contribution in [3.63, 3.8) is 0 Å². The molecule has 0 aliphatic carbocycles. The first-order valence-electron chi connectivity index (χ1n) is 6.78. The smallest absolute Gasteiger partial charge is 0.240 e. The Kier molecular flexibility index (Phi) is 3.52. The van der Waals surface area contributed by atoms with Gasteiger partial charge in [0.1, 0.15) is 0 Å². The van der Waals surface area contributed by atoms with Crippen LogP contribution in [0.1, 0.15) is 11.1 Å². The molecule has 1 aliphatic heterocycles. The fourth-order valence-corrected chi connectivity index (χ4v) is 2.54. The van der Waals surface area contributed by atoms with E-state index in [2.05, 4.69) is 39.5 Å². The SMILES string of the molecule is Cn1ccnc1NC(=O)CN1CCc2ccccc2C1. The molecule has 2 aromatic rings. The molecule has 1 aliphatic rings. The Morgan fingerprint density at radius 3 is 2.90 bits per heavy atom. The van der Waals surface area contributed by atoms with Gasteiger partial charge in [-0.3, -0.25) is 15.0 Å². The second-order valence-corrected chi connectivity index (χ2v) is 5.14. The summed E-state index contributed by atoms with van der Waals surface area (Å²) >= 11 is 0. The van der Waals surface area contributed by atoms with Gasteiger partial charge < -0.3 is 4.57 Å². The van der Waals surface area contributed by atoms with Gasteiger partial charge in [-0.1, -0.05) is 24.3 Å². The van der Waals surface area contributed by atoms with Gasteiger partial charge in [-0.05, 0) is 17.5 Å². The molecule has 2 heterocycles. The van der Waals surface area contributed by atoms with E-state index in [4.69, 9.17) is 0 Å². The number of aryl methyl sites for hydroxylation is 1. The maximum Gasteiger partial charge on any atom is 0.240 e. The molecule has 1 aromatic carbocycles. The van der Waals surface area contributed by atoms with Gasteiger partial charge in [-0.2, -0.15) is 0 Å². The Hall–Kier alpha value is -2.14. The zero-order valence-electron chi connectivity index (χ0n) is 11.5. The molecule has 0 saturated heterocycles. The van der Waals surface area contributed by atoms with Gasteiger partial charge in [0.2, 0.25) is 11.9 Å². The highest BCUT2D eigenvalue weighted by Crippen LogP contribution is 2.18. The number of nitrogens with one attached hydrogen (secondary N) is 1. The van der Waals surface area contributed by atoms with E-state index in [1.54, 1.807) is 10.8 Å². The van der Waals surface area contributed by atoms with Crippen LogP contribution in [0.2, 0.25) is 0 Å². The van der Waals surface area contributed by atoms with E-state index < -0.39 is 0 Å². The van der Waals surface area contributed by atoms with Gasteiger partial charge in [0.05, 0.1) is 6.54 Å². The zero-order valence-corrected chi connectivity index (χ0v) is 11.5. The van der Waals surface area contributed by atoms with E-state index in [0.717, 1.165) is 19.5 Å². The first-order valence-corrected chi connectivity index (χ1v) is 6.78. The van der Waals surface area contributed by atoms with Crippen molar-refractivity contribution in [3.05, 3.63) is 47.8 Å². The maximum absolute atomic E-state index is 12.0. The average molecular weight is 270 g/mol. The van der Waals surface area contributed by atoms with Crippen molar-refractivity contribution in [1.82, 2.24) is 14.5 Å². The Labute approximate surface area is 118 Å². The highest BCUT2D eigenvalue weighted by molar-refractivity contribution is 5.90. The molecule has 0 saturated carbocycles. The molecule has 5 heteroatoms. The Bertz CT molecular complexity index is 620. The molecule has 0 fully saturated rings. The number of hydrogen-bond acceptors (Lipinski definition) is 3. The van der Waals surface area contributed by atoms with Gasteiger partial charge >= 0.3 is 0 Å². The summed E-state index contributed by atoms with van der Waals surface area (Å²) in [5.74, 6) is 0.575. The van der Waals surface area contributed by atoms with Gasteiger partial charge in [0, 0.05) is 32.5 Å². The van der Waals surface area contributed by atoms with Crippen LogP contribution < -0.4 is 5.32 Å². The lowest BCUT2D eigenvalue weighted by Crippen LogP contribution is -2.37. The number of carbonyl (C=O) groups excluding carboxylic acids is 1. The minimum atomic E-state index is -0.0151. The molecule has 1 amide bonds. The predicted octanol–water partition coefficient (Wildman–Crippen LogP) is 1.42. The molecule has 1 N–H and O–H groups in total. The van der Waals surface area contributed by atoms with Crippen LogP contribution in [0.3, 0.4) is 0 Å². The fraction of sp³-hybridized carbons (Fsp3) is 0.333. The topological polar surface area (TPSA) is 50.2 Å². The normalized spacial score (nSPS) is 14.8. The van der Waals surface area contributed by atoms with E-state index in [-0.39, 0.29) is 5.91 Å². The number of rotatable bonds is 3. The van der Waals surface area contributed by atoms with Crippen molar-refractivity contribution in [2.45, 2.75) is 13.0 Å². The lowest BCUT2D eigenvalue weighted by molar-refractivity contribution is -0.117. The third-order valence-electron chi connectivity index (χ3n) is 3.65. The van der Waals surface area contributed by atoms with E-state index in [9.17, 15) is 4.79 Å². The number of nitrogens with zero attached hydrogens (tertiary/aromatic N) is 3. The van der Waals surface area contributed by atoms with Gasteiger partial charge in [-0.25, -0.2) is 4.98 Å². The summed E-state index contributed by atoms with van der Waals surface area (Å²) in [7, 11) is 1.86. The molecular formula is C15H18N4O. The maximum atomic E-state index is 12.0. The average Bonchev–Trinajstić information content (AvgIpc) is 2.84. The Morgan fingerprint density at radius 2 is 2.15 bits per heavy atom. The second kappa shape index (κ2) is 5.46. The minimum Gasteiger partial charge on any atom is -0.320 e. The van der Waals surface area contributed by atoms with E-state index in [1.165, 1.54) is 11.1 Å². The summed E-state index contributed by atoms with van der Waals surface area (Å²) < 4.78 is 1.80. The first-order chi connectivity index (χ1) is 9.72. The number of amides is 1. The lowest BCUT2D eigenvalue weighted by atomic mass is 10.00. The summed E-state index contributed by atoms with van der Waals surface area (Å²) in [5.41, 5.74) is 2.72. The highest BCUT2D eigenvalue weighted by Gasteiger charge is 2.18. The molecule has 20 heavy (non-hydrogen) atoms. The standard InChI is InChI=1S/C15H18N4O/c1-18-9-7-16-15(18)17-14(20)11-19-8-6-12-4-2-3-5-13(12)10-19/h2-5,7,9H,6,8,10-11H2,1H3,(H,16,17,20). The number of aromatic nitrogens is 2. The van der Waals surface area contributed by atoms with Crippen molar-refractivity contribution >= 4 is 11.9 Å². The summed E-state index contributed by atoms with van der Waals surface area (Å²) in [5, 5.41) is 2.83. The Morgan fingerprint density at radius 1 is 1.35 bits per heavy atom. The number of benzene rings is 1. The highest BCUT2D eigenvalue weighted by atomic mass is 16.2. The van der Waals surface area contributed by atoms with E-state index in [1.807, 2.05) is 13.2 Å². The quantitative estimate of drug-likeness (QED) is 0.917. The van der Waals surface area contributed by atoms with Crippen molar-refractivity contribution in [1.29, 1.82) is 0 Å². The van der Waals surface area contributed by atoms with Gasteiger partial charge in [0.15, 0.2) is 0 Å². The van der Waals surface area contributed by atoms with Crippen molar-refractivity contribution < 1.29 is 4.79 Å². The molecule has 0 unspecified atom stereocenters. The molecule has 104 valence electrons. The number of fused-ring (bicyclic) bond motifs is 1.